The Hall–Kier alpha value is -3.64. The van der Waals surface area contributed by atoms with Crippen molar-refractivity contribution in [2.24, 2.45) is 4.99 Å². The Morgan fingerprint density at radius 2 is 2.00 bits per heavy atom. The summed E-state index contributed by atoms with van der Waals surface area (Å²) in [5, 5.41) is 13.9. The molecule has 1 aromatic heterocycles. The van der Waals surface area contributed by atoms with Crippen molar-refractivity contribution in [1.82, 2.24) is 15.3 Å². The smallest absolute Gasteiger partial charge is 0.410 e. The molecule has 9 heteroatoms. The molecular formula is C24H30N6O3. The number of rotatable bonds is 8. The van der Waals surface area contributed by atoms with Crippen molar-refractivity contribution in [2.45, 2.75) is 44.3 Å². The summed E-state index contributed by atoms with van der Waals surface area (Å²) in [6.07, 6.45) is 6.29. The molecule has 2 aromatic rings. The van der Waals surface area contributed by atoms with Crippen LogP contribution in [-0.2, 0) is 11.3 Å². The van der Waals surface area contributed by atoms with E-state index < -0.39 is 5.60 Å². The van der Waals surface area contributed by atoms with Gasteiger partial charge >= 0.3 is 6.09 Å². The number of anilines is 1. The third-order valence-corrected chi connectivity index (χ3v) is 5.56. The number of nitrogens with zero attached hydrogens (tertiary/aromatic N) is 4. The lowest BCUT2D eigenvalue weighted by Gasteiger charge is -2.37. The molecule has 0 aliphatic carbocycles. The molecule has 1 saturated heterocycles. The van der Waals surface area contributed by atoms with E-state index in [1.807, 2.05) is 36.4 Å². The van der Waals surface area contributed by atoms with Crippen LogP contribution < -0.4 is 10.7 Å². The zero-order valence-electron chi connectivity index (χ0n) is 18.6. The van der Waals surface area contributed by atoms with Gasteiger partial charge in [0.25, 0.3) is 5.96 Å². The van der Waals surface area contributed by atoms with Crippen molar-refractivity contribution in [3.8, 4) is 0 Å². The molecular weight excluding hydrogens is 420 g/mol. The Kier molecular flexibility index (Phi) is 9.03. The van der Waals surface area contributed by atoms with Crippen LogP contribution in [0, 0.1) is 6.57 Å². The average molecular weight is 451 g/mol. The minimum Gasteiger partial charge on any atom is -0.445 e. The molecule has 1 aromatic carbocycles. The van der Waals surface area contributed by atoms with Gasteiger partial charge in [0.05, 0.1) is 17.5 Å². The number of amides is 1. The van der Waals surface area contributed by atoms with Gasteiger partial charge in [-0.05, 0) is 49.8 Å². The van der Waals surface area contributed by atoms with Crippen LogP contribution in [0.3, 0.4) is 0 Å². The number of piperidine rings is 1. The monoisotopic (exact) mass is 450 g/mol. The summed E-state index contributed by atoms with van der Waals surface area (Å²) in [7, 11) is 0. The lowest BCUT2D eigenvalue weighted by molar-refractivity contribution is -0.0284. The predicted molar refractivity (Wildman–Crippen MR) is 126 cm³/mol. The fourth-order valence-corrected chi connectivity index (χ4v) is 3.65. The normalized spacial score (nSPS) is 15.4. The Morgan fingerprint density at radius 3 is 2.70 bits per heavy atom. The van der Waals surface area contributed by atoms with Gasteiger partial charge in [0, 0.05) is 25.8 Å². The van der Waals surface area contributed by atoms with E-state index in [2.05, 4.69) is 25.7 Å². The second kappa shape index (κ2) is 12.4. The number of ether oxygens (including phenoxy) is 1. The first-order chi connectivity index (χ1) is 16.1. The number of guanidine groups is 1. The van der Waals surface area contributed by atoms with Crippen molar-refractivity contribution in [2.75, 3.05) is 25.0 Å². The average Bonchev–Trinajstić information content (AvgIpc) is 2.84. The van der Waals surface area contributed by atoms with Gasteiger partial charge in [-0.15, -0.1) is 0 Å². The van der Waals surface area contributed by atoms with Gasteiger partial charge < -0.3 is 20.1 Å². The van der Waals surface area contributed by atoms with Crippen LogP contribution in [0.4, 0.5) is 10.5 Å². The first-order valence-electron chi connectivity index (χ1n) is 11.1. The van der Waals surface area contributed by atoms with E-state index in [9.17, 15) is 9.90 Å². The number of aliphatic hydroxyl groups is 1. The van der Waals surface area contributed by atoms with Gasteiger partial charge in [-0.3, -0.25) is 4.98 Å². The third-order valence-electron chi connectivity index (χ3n) is 5.56. The lowest BCUT2D eigenvalue weighted by atomic mass is 9.86. The minimum absolute atomic E-state index is 0.251. The van der Waals surface area contributed by atoms with Crippen LogP contribution in [0.15, 0.2) is 59.9 Å². The number of carbonyl (C=O) groups excluding carboxylic acids is 1. The van der Waals surface area contributed by atoms with Gasteiger partial charge in [-0.25, -0.2) is 9.79 Å². The van der Waals surface area contributed by atoms with E-state index in [1.54, 1.807) is 23.4 Å². The van der Waals surface area contributed by atoms with E-state index in [0.717, 1.165) is 24.1 Å². The molecule has 0 bridgehead atoms. The first-order valence-corrected chi connectivity index (χ1v) is 11.1. The standard InChI is InChI=1S/C24H30N6O3/c1-25-29-22(28-21-10-7-14-26-18-21)27-15-6-5-11-24(32)12-16-30(17-13-24)23(31)33-19-20-8-3-2-4-9-20/h2-4,7-10,14,18,32H,5-6,11-13,15-17,19H2,(H2,27,28,29). The molecule has 3 N–H and O–H groups in total. The number of pyridine rings is 1. The van der Waals surface area contributed by atoms with Gasteiger partial charge in [0.1, 0.15) is 6.61 Å². The summed E-state index contributed by atoms with van der Waals surface area (Å²) in [4.78, 5) is 25.6. The maximum atomic E-state index is 12.3. The molecule has 1 aliphatic rings. The van der Waals surface area contributed by atoms with Gasteiger partial charge in [-0.1, -0.05) is 35.8 Å². The summed E-state index contributed by atoms with van der Waals surface area (Å²) in [5.74, 6) is 0.374. The molecule has 2 heterocycles. The maximum Gasteiger partial charge on any atom is 0.410 e. The molecule has 1 fully saturated rings. The highest BCUT2D eigenvalue weighted by Crippen LogP contribution is 2.28. The summed E-state index contributed by atoms with van der Waals surface area (Å²) < 4.78 is 5.39. The third kappa shape index (κ3) is 8.09. The van der Waals surface area contributed by atoms with Crippen LogP contribution in [0.2, 0.25) is 0 Å². The maximum absolute atomic E-state index is 12.3. The van der Waals surface area contributed by atoms with Crippen molar-refractivity contribution >= 4 is 17.7 Å². The van der Waals surface area contributed by atoms with Crippen LogP contribution in [-0.4, -0.2) is 52.3 Å². The number of hydrogen-bond acceptors (Lipinski definition) is 5. The molecule has 3 rings (SSSR count). The van der Waals surface area contributed by atoms with E-state index in [0.29, 0.717) is 44.9 Å². The summed E-state index contributed by atoms with van der Waals surface area (Å²) in [6.45, 7) is 8.74. The number of unbranched alkanes of at least 4 members (excludes halogenated alkanes) is 1. The van der Waals surface area contributed by atoms with Crippen molar-refractivity contribution in [3.05, 3.63) is 71.9 Å². The number of likely N-dealkylation sites (tertiary alicyclic amines) is 1. The number of nitrogens with one attached hydrogen (secondary N) is 2. The SMILES string of the molecule is [C-]#[N+]NC(=NCCCCC1(O)CCN(C(=O)OCc2ccccc2)CC1)Nc1cccnc1. The highest BCUT2D eigenvalue weighted by Gasteiger charge is 2.33. The van der Waals surface area contributed by atoms with Crippen molar-refractivity contribution < 1.29 is 14.6 Å². The zero-order chi connectivity index (χ0) is 23.4. The fourth-order valence-electron chi connectivity index (χ4n) is 3.65. The fraction of sp³-hybridized carbons (Fsp3) is 0.417. The molecule has 1 amide bonds. The molecule has 0 spiro atoms. The number of aliphatic imine (C=N–C) groups is 1. The number of carbonyl (C=O) groups is 1. The van der Waals surface area contributed by atoms with E-state index in [4.69, 9.17) is 11.3 Å². The number of aromatic nitrogens is 1. The quantitative estimate of drug-likeness (QED) is 0.187. The van der Waals surface area contributed by atoms with Gasteiger partial charge in [0.15, 0.2) is 0 Å². The summed E-state index contributed by atoms with van der Waals surface area (Å²) >= 11 is 0. The number of hydrogen-bond donors (Lipinski definition) is 3. The van der Waals surface area contributed by atoms with E-state index in [1.165, 1.54) is 0 Å². The van der Waals surface area contributed by atoms with Crippen molar-refractivity contribution in [3.63, 3.8) is 0 Å². The molecule has 174 valence electrons. The van der Waals surface area contributed by atoms with Crippen LogP contribution in [0.25, 0.3) is 4.95 Å². The summed E-state index contributed by atoms with van der Waals surface area (Å²) in [5.41, 5.74) is 3.44. The van der Waals surface area contributed by atoms with E-state index in [-0.39, 0.29) is 12.7 Å². The molecule has 0 radical (unpaired) electrons. The van der Waals surface area contributed by atoms with Gasteiger partial charge in [0.2, 0.25) is 0 Å². The largest absolute Gasteiger partial charge is 0.445 e. The van der Waals surface area contributed by atoms with Crippen molar-refractivity contribution in [1.29, 1.82) is 0 Å². The molecule has 0 saturated carbocycles. The Bertz CT molecular complexity index is 938. The topological polar surface area (TPSA) is 103 Å². The molecule has 9 nitrogen and oxygen atoms in total. The first kappa shape index (κ1) is 24.0. The van der Waals surface area contributed by atoms with Crippen LogP contribution in [0.1, 0.15) is 37.7 Å². The molecule has 0 unspecified atom stereocenters. The number of benzene rings is 1. The van der Waals surface area contributed by atoms with Gasteiger partial charge in [-0.2, -0.15) is 11.5 Å². The lowest BCUT2D eigenvalue weighted by Crippen LogP contribution is -2.46. The molecule has 33 heavy (non-hydrogen) atoms. The molecule has 1 aliphatic heterocycles. The summed E-state index contributed by atoms with van der Waals surface area (Å²) in [6, 6.07) is 13.2. The Labute approximate surface area is 194 Å². The molecule has 0 atom stereocenters. The predicted octanol–water partition coefficient (Wildman–Crippen LogP) is 3.61. The second-order valence-electron chi connectivity index (χ2n) is 8.03. The highest BCUT2D eigenvalue weighted by molar-refractivity contribution is 5.93. The van der Waals surface area contributed by atoms with Crippen LogP contribution >= 0.6 is 0 Å². The Morgan fingerprint density at radius 1 is 1.21 bits per heavy atom. The zero-order valence-corrected chi connectivity index (χ0v) is 18.6. The highest BCUT2D eigenvalue weighted by atomic mass is 16.6. The Balaban J connectivity index is 1.35. The van der Waals surface area contributed by atoms with Crippen LogP contribution in [0.5, 0.6) is 0 Å². The van der Waals surface area contributed by atoms with E-state index >= 15 is 0 Å². The minimum atomic E-state index is -0.772. The second-order valence-corrected chi connectivity index (χ2v) is 8.03.